The van der Waals surface area contributed by atoms with Gasteiger partial charge in [0.25, 0.3) is 0 Å². The molecule has 2 aromatic rings. The summed E-state index contributed by atoms with van der Waals surface area (Å²) in [7, 11) is 0. The first-order valence-electron chi connectivity index (χ1n) is 9.36. The third kappa shape index (κ3) is 5.11. The Hall–Kier alpha value is -1.75. The Kier molecular flexibility index (Phi) is 5.84. The van der Waals surface area contributed by atoms with Gasteiger partial charge in [-0.25, -0.2) is 4.39 Å². The van der Waals surface area contributed by atoms with Crippen molar-refractivity contribution in [2.45, 2.75) is 58.9 Å². The van der Waals surface area contributed by atoms with Gasteiger partial charge >= 0.3 is 0 Å². The summed E-state index contributed by atoms with van der Waals surface area (Å²) < 4.78 is 19.0. The van der Waals surface area contributed by atoms with E-state index in [1.54, 1.807) is 13.0 Å². The highest BCUT2D eigenvalue weighted by Gasteiger charge is 2.28. The second kappa shape index (κ2) is 8.09. The molecular weight excluding hydrogens is 317 g/mol. The van der Waals surface area contributed by atoms with Crippen molar-refractivity contribution in [3.63, 3.8) is 0 Å². The summed E-state index contributed by atoms with van der Waals surface area (Å²) in [5.41, 5.74) is 1.28. The van der Waals surface area contributed by atoms with Crippen LogP contribution in [-0.4, -0.2) is 34.2 Å². The number of aryl methyl sites for hydroxylation is 2. The first kappa shape index (κ1) is 18.1. The van der Waals surface area contributed by atoms with Crippen molar-refractivity contribution < 1.29 is 8.91 Å². The van der Waals surface area contributed by atoms with Crippen molar-refractivity contribution >= 4 is 0 Å². The van der Waals surface area contributed by atoms with Crippen molar-refractivity contribution in [1.82, 2.24) is 15.0 Å². The Morgan fingerprint density at radius 3 is 2.76 bits per heavy atom. The second-order valence-electron chi connectivity index (χ2n) is 7.53. The molecule has 1 aliphatic rings. The summed E-state index contributed by atoms with van der Waals surface area (Å²) in [4.78, 5) is 7.02. The molecule has 0 aliphatic heterocycles. The molecule has 1 heterocycles. The molecule has 0 N–H and O–H groups in total. The molecule has 3 rings (SSSR count). The Morgan fingerprint density at radius 1 is 1.28 bits per heavy atom. The molecule has 1 saturated carbocycles. The molecule has 0 amide bonds. The van der Waals surface area contributed by atoms with Crippen molar-refractivity contribution in [2.75, 3.05) is 13.1 Å². The third-order valence-corrected chi connectivity index (χ3v) is 4.79. The van der Waals surface area contributed by atoms with E-state index in [4.69, 9.17) is 4.52 Å². The maximum atomic E-state index is 13.7. The lowest BCUT2D eigenvalue weighted by Gasteiger charge is -2.22. The fourth-order valence-corrected chi connectivity index (χ4v) is 2.98. The molecule has 0 unspecified atom stereocenters. The van der Waals surface area contributed by atoms with Crippen LogP contribution in [0.2, 0.25) is 0 Å². The zero-order chi connectivity index (χ0) is 17.8. The molecule has 1 aliphatic carbocycles. The molecule has 136 valence electrons. The Morgan fingerprint density at radius 2 is 2.08 bits per heavy atom. The number of hydrogen-bond donors (Lipinski definition) is 0. The van der Waals surface area contributed by atoms with Crippen molar-refractivity contribution in [3.05, 3.63) is 35.5 Å². The van der Waals surface area contributed by atoms with Crippen LogP contribution in [0, 0.1) is 18.7 Å². The number of halogens is 1. The lowest BCUT2D eigenvalue weighted by atomic mass is 10.1. The van der Waals surface area contributed by atoms with Gasteiger partial charge in [-0.1, -0.05) is 31.1 Å². The molecule has 1 aromatic heterocycles. The number of nitrogens with zero attached hydrogens (tertiary/aromatic N) is 3. The number of hydrogen-bond acceptors (Lipinski definition) is 4. The highest BCUT2D eigenvalue weighted by Crippen LogP contribution is 2.27. The quantitative estimate of drug-likeness (QED) is 0.665. The highest BCUT2D eigenvalue weighted by molar-refractivity contribution is 5.54. The Labute approximate surface area is 149 Å². The summed E-state index contributed by atoms with van der Waals surface area (Å²) >= 11 is 0. The second-order valence-corrected chi connectivity index (χ2v) is 7.53. The molecule has 5 heteroatoms. The molecule has 1 fully saturated rings. The molecule has 25 heavy (non-hydrogen) atoms. The molecule has 0 bridgehead atoms. The fraction of sp³-hybridized carbons (Fsp3) is 0.600. The molecule has 4 nitrogen and oxygen atoms in total. The van der Waals surface area contributed by atoms with Crippen LogP contribution in [0.5, 0.6) is 0 Å². The van der Waals surface area contributed by atoms with E-state index in [-0.39, 0.29) is 5.82 Å². The largest absolute Gasteiger partial charge is 0.339 e. The van der Waals surface area contributed by atoms with Crippen molar-refractivity contribution in [1.29, 1.82) is 0 Å². The first-order chi connectivity index (χ1) is 12.0. The Bertz CT molecular complexity index is 694. The summed E-state index contributed by atoms with van der Waals surface area (Å²) in [6, 6.07) is 5.81. The van der Waals surface area contributed by atoms with E-state index in [2.05, 4.69) is 28.9 Å². The van der Waals surface area contributed by atoms with E-state index in [1.165, 1.54) is 31.9 Å². The molecule has 1 aromatic carbocycles. The standard InChI is InChI=1S/C20H28FN3O/c1-14(2)10-12-24(17-8-9-17)11-4-5-19-22-20(23-25-19)16-7-6-15(3)18(21)13-16/h6-7,13-14,17H,4-5,8-12H2,1-3H3. The minimum absolute atomic E-state index is 0.242. The predicted molar refractivity (Wildman–Crippen MR) is 96.8 cm³/mol. The minimum atomic E-state index is -0.242. The van der Waals surface area contributed by atoms with Crippen LogP contribution in [0.1, 0.15) is 51.0 Å². The minimum Gasteiger partial charge on any atom is -0.339 e. The topological polar surface area (TPSA) is 42.2 Å². The van der Waals surface area contributed by atoms with Crippen molar-refractivity contribution in [3.8, 4) is 11.4 Å². The summed E-state index contributed by atoms with van der Waals surface area (Å²) in [6.45, 7) is 8.55. The predicted octanol–water partition coefficient (Wildman–Crippen LogP) is 4.63. The van der Waals surface area contributed by atoms with Crippen LogP contribution < -0.4 is 0 Å². The molecule has 0 radical (unpaired) electrons. The van der Waals surface area contributed by atoms with Crippen LogP contribution in [0.15, 0.2) is 22.7 Å². The van der Waals surface area contributed by atoms with Crippen LogP contribution in [0.25, 0.3) is 11.4 Å². The lowest BCUT2D eigenvalue weighted by Crippen LogP contribution is -2.29. The SMILES string of the molecule is Cc1ccc(-c2noc(CCCN(CCC(C)C)C3CC3)n2)cc1F. The van der Waals surface area contributed by atoms with E-state index in [9.17, 15) is 4.39 Å². The van der Waals surface area contributed by atoms with Crippen LogP contribution in [0.3, 0.4) is 0 Å². The number of aromatic nitrogens is 2. The van der Waals surface area contributed by atoms with Gasteiger partial charge in [0, 0.05) is 18.0 Å². The van der Waals surface area contributed by atoms with Gasteiger partial charge in [-0.15, -0.1) is 0 Å². The maximum Gasteiger partial charge on any atom is 0.227 e. The van der Waals surface area contributed by atoms with Crippen LogP contribution in [0.4, 0.5) is 4.39 Å². The summed E-state index contributed by atoms with van der Waals surface area (Å²) in [6.07, 6.45) is 5.70. The van der Waals surface area contributed by atoms with Gasteiger partial charge in [0.15, 0.2) is 0 Å². The van der Waals surface area contributed by atoms with Gasteiger partial charge in [0.2, 0.25) is 11.7 Å². The van der Waals surface area contributed by atoms with Gasteiger partial charge in [-0.2, -0.15) is 4.98 Å². The monoisotopic (exact) mass is 345 g/mol. The average Bonchev–Trinajstić information content (AvgIpc) is 3.31. The average molecular weight is 345 g/mol. The maximum absolute atomic E-state index is 13.7. The van der Waals surface area contributed by atoms with E-state index in [0.29, 0.717) is 22.8 Å². The smallest absolute Gasteiger partial charge is 0.227 e. The van der Waals surface area contributed by atoms with E-state index in [0.717, 1.165) is 31.3 Å². The third-order valence-electron chi connectivity index (χ3n) is 4.79. The van der Waals surface area contributed by atoms with Crippen molar-refractivity contribution in [2.24, 2.45) is 5.92 Å². The molecular formula is C20H28FN3O. The van der Waals surface area contributed by atoms with Crippen LogP contribution >= 0.6 is 0 Å². The zero-order valence-electron chi connectivity index (χ0n) is 15.5. The van der Waals surface area contributed by atoms with Gasteiger partial charge in [0.1, 0.15) is 5.82 Å². The zero-order valence-corrected chi connectivity index (χ0v) is 15.5. The molecule has 0 spiro atoms. The van der Waals surface area contributed by atoms with Gasteiger partial charge in [0.05, 0.1) is 0 Å². The normalized spacial score (nSPS) is 14.6. The first-order valence-corrected chi connectivity index (χ1v) is 9.36. The van der Waals surface area contributed by atoms with Gasteiger partial charge < -0.3 is 9.42 Å². The fourth-order valence-electron chi connectivity index (χ4n) is 2.98. The highest BCUT2D eigenvalue weighted by atomic mass is 19.1. The number of rotatable bonds is 9. The molecule has 0 atom stereocenters. The van der Waals surface area contributed by atoms with E-state index in [1.807, 2.05) is 6.07 Å². The van der Waals surface area contributed by atoms with Gasteiger partial charge in [-0.05, 0) is 63.2 Å². The van der Waals surface area contributed by atoms with Crippen LogP contribution in [-0.2, 0) is 6.42 Å². The summed E-state index contributed by atoms with van der Waals surface area (Å²) in [5, 5.41) is 4.00. The number of benzene rings is 1. The summed E-state index contributed by atoms with van der Waals surface area (Å²) in [5.74, 6) is 1.60. The van der Waals surface area contributed by atoms with Gasteiger partial charge in [-0.3, -0.25) is 0 Å². The Balaban J connectivity index is 1.52. The van der Waals surface area contributed by atoms with E-state index < -0.39 is 0 Å². The lowest BCUT2D eigenvalue weighted by molar-refractivity contribution is 0.241. The molecule has 0 saturated heterocycles. The van der Waals surface area contributed by atoms with E-state index >= 15 is 0 Å².